The van der Waals surface area contributed by atoms with Crippen molar-refractivity contribution in [3.05, 3.63) is 11.4 Å². The third-order valence-corrected chi connectivity index (χ3v) is 2.30. The summed E-state index contributed by atoms with van der Waals surface area (Å²) in [6.07, 6.45) is 2.16. The predicted octanol–water partition coefficient (Wildman–Crippen LogP) is 2.55. The molecule has 0 aliphatic carbocycles. The molecule has 1 heterocycles. The van der Waals surface area contributed by atoms with Crippen molar-refractivity contribution in [2.45, 2.75) is 59.4 Å². The van der Waals surface area contributed by atoms with Crippen LogP contribution in [0.15, 0.2) is 0 Å². The third kappa shape index (κ3) is 2.14. The van der Waals surface area contributed by atoms with Gasteiger partial charge in [-0.05, 0) is 13.3 Å². The molecule has 0 atom stereocenters. The van der Waals surface area contributed by atoms with Crippen molar-refractivity contribution in [2.24, 2.45) is 0 Å². The van der Waals surface area contributed by atoms with Gasteiger partial charge in [0.2, 0.25) is 0 Å². The van der Waals surface area contributed by atoms with Crippen molar-refractivity contribution in [1.29, 1.82) is 0 Å². The smallest absolute Gasteiger partial charge is 0.0864 e. The van der Waals surface area contributed by atoms with Crippen molar-refractivity contribution in [1.82, 2.24) is 15.0 Å². The van der Waals surface area contributed by atoms with Crippen molar-refractivity contribution >= 4 is 0 Å². The monoisotopic (exact) mass is 195 g/mol. The van der Waals surface area contributed by atoms with Crippen LogP contribution in [0, 0.1) is 0 Å². The van der Waals surface area contributed by atoms with Crippen LogP contribution in [-0.2, 0) is 18.4 Å². The Morgan fingerprint density at radius 2 is 1.86 bits per heavy atom. The zero-order chi connectivity index (χ0) is 10.8. The normalized spacial score (nSPS) is 12.1. The number of hydrogen-bond acceptors (Lipinski definition) is 2. The zero-order valence-corrected chi connectivity index (χ0v) is 9.96. The van der Waals surface area contributed by atoms with E-state index in [1.807, 2.05) is 4.68 Å². The van der Waals surface area contributed by atoms with E-state index < -0.39 is 0 Å². The van der Waals surface area contributed by atoms with Gasteiger partial charge in [-0.15, -0.1) is 5.10 Å². The molecule has 14 heavy (non-hydrogen) atoms. The van der Waals surface area contributed by atoms with Crippen LogP contribution in [0.5, 0.6) is 0 Å². The number of hydrogen-bond donors (Lipinski definition) is 0. The van der Waals surface area contributed by atoms with E-state index in [9.17, 15) is 0 Å². The molecule has 80 valence electrons. The topological polar surface area (TPSA) is 30.7 Å². The van der Waals surface area contributed by atoms with Gasteiger partial charge in [-0.3, -0.25) is 0 Å². The van der Waals surface area contributed by atoms with Gasteiger partial charge in [-0.2, -0.15) is 0 Å². The summed E-state index contributed by atoms with van der Waals surface area (Å²) in [5.74, 6) is 0. The van der Waals surface area contributed by atoms with E-state index in [2.05, 4.69) is 44.9 Å². The highest BCUT2D eigenvalue weighted by Gasteiger charge is 2.23. The van der Waals surface area contributed by atoms with E-state index in [1.165, 1.54) is 11.4 Å². The zero-order valence-electron chi connectivity index (χ0n) is 9.96. The lowest BCUT2D eigenvalue weighted by Gasteiger charge is -2.20. The van der Waals surface area contributed by atoms with Crippen LogP contribution < -0.4 is 0 Å². The Hall–Kier alpha value is -0.860. The van der Waals surface area contributed by atoms with Gasteiger partial charge in [-0.1, -0.05) is 39.3 Å². The van der Waals surface area contributed by atoms with Crippen molar-refractivity contribution in [3.63, 3.8) is 0 Å². The van der Waals surface area contributed by atoms with Crippen molar-refractivity contribution < 1.29 is 0 Å². The molecule has 0 amide bonds. The van der Waals surface area contributed by atoms with Crippen LogP contribution in [0.3, 0.4) is 0 Å². The minimum absolute atomic E-state index is 0.143. The van der Waals surface area contributed by atoms with Gasteiger partial charge in [0.05, 0.1) is 11.4 Å². The first-order valence-corrected chi connectivity index (χ1v) is 5.43. The van der Waals surface area contributed by atoms with Gasteiger partial charge in [0.25, 0.3) is 0 Å². The molecule has 3 nitrogen and oxygen atoms in total. The van der Waals surface area contributed by atoms with E-state index in [1.54, 1.807) is 0 Å². The fraction of sp³-hybridized carbons (Fsp3) is 0.818. The molecule has 0 aromatic carbocycles. The fourth-order valence-electron chi connectivity index (χ4n) is 1.80. The molecule has 1 rings (SSSR count). The lowest BCUT2D eigenvalue weighted by atomic mass is 9.89. The van der Waals surface area contributed by atoms with Crippen LogP contribution in [0.25, 0.3) is 0 Å². The first kappa shape index (κ1) is 11.2. The van der Waals surface area contributed by atoms with E-state index in [-0.39, 0.29) is 5.41 Å². The number of nitrogens with zero attached hydrogens (tertiary/aromatic N) is 3. The molecule has 0 saturated carbocycles. The molecule has 3 heteroatoms. The summed E-state index contributed by atoms with van der Waals surface area (Å²) >= 11 is 0. The minimum atomic E-state index is 0.143. The maximum Gasteiger partial charge on any atom is 0.0864 e. The number of aryl methyl sites for hydroxylation is 2. The highest BCUT2D eigenvalue weighted by Crippen LogP contribution is 2.25. The lowest BCUT2D eigenvalue weighted by Crippen LogP contribution is -2.19. The first-order chi connectivity index (χ1) is 6.50. The Bertz CT molecular complexity index is 294. The second-order valence-electron chi connectivity index (χ2n) is 4.70. The Morgan fingerprint density at radius 3 is 2.29 bits per heavy atom. The second-order valence-corrected chi connectivity index (χ2v) is 4.70. The average Bonchev–Trinajstić information content (AvgIpc) is 2.47. The van der Waals surface area contributed by atoms with E-state index in [4.69, 9.17) is 0 Å². The molecule has 0 unspecified atom stereocenters. The van der Waals surface area contributed by atoms with Gasteiger partial charge in [-0.25, -0.2) is 4.68 Å². The van der Waals surface area contributed by atoms with Gasteiger partial charge < -0.3 is 0 Å². The summed E-state index contributed by atoms with van der Waals surface area (Å²) in [7, 11) is 0. The van der Waals surface area contributed by atoms with Crippen LogP contribution in [0.2, 0.25) is 0 Å². The van der Waals surface area contributed by atoms with Crippen LogP contribution in [0.4, 0.5) is 0 Å². The average molecular weight is 195 g/mol. The second kappa shape index (κ2) is 4.11. The molecule has 0 radical (unpaired) electrons. The molecule has 0 bridgehead atoms. The molecule has 1 aromatic rings. The quantitative estimate of drug-likeness (QED) is 0.742. The maximum absolute atomic E-state index is 4.26. The van der Waals surface area contributed by atoms with Crippen LogP contribution in [0.1, 0.15) is 52.4 Å². The molecule has 0 fully saturated rings. The molecule has 0 aliphatic heterocycles. The Kier molecular flexibility index (Phi) is 3.29. The fourth-order valence-corrected chi connectivity index (χ4v) is 1.80. The summed E-state index contributed by atoms with van der Waals surface area (Å²) in [6.45, 7) is 11.9. The standard InChI is InChI=1S/C11H21N3/c1-6-8-9-10(11(3,4)5)14(7-2)13-12-9/h6-8H2,1-5H3. The van der Waals surface area contributed by atoms with E-state index in [0.717, 1.165) is 19.4 Å². The van der Waals surface area contributed by atoms with Gasteiger partial charge in [0.15, 0.2) is 0 Å². The molecule has 0 spiro atoms. The molecule has 0 N–H and O–H groups in total. The van der Waals surface area contributed by atoms with Crippen LogP contribution >= 0.6 is 0 Å². The van der Waals surface area contributed by atoms with Crippen molar-refractivity contribution in [2.75, 3.05) is 0 Å². The van der Waals surface area contributed by atoms with E-state index >= 15 is 0 Å². The summed E-state index contributed by atoms with van der Waals surface area (Å²) in [5.41, 5.74) is 2.60. The van der Waals surface area contributed by atoms with Crippen LogP contribution in [-0.4, -0.2) is 15.0 Å². The molecular formula is C11H21N3. The SMILES string of the molecule is CCCc1nnn(CC)c1C(C)(C)C. The number of rotatable bonds is 3. The maximum atomic E-state index is 4.26. The molecular weight excluding hydrogens is 174 g/mol. The van der Waals surface area contributed by atoms with Crippen molar-refractivity contribution in [3.8, 4) is 0 Å². The summed E-state index contributed by atoms with van der Waals surface area (Å²) < 4.78 is 2.02. The predicted molar refractivity (Wildman–Crippen MR) is 58.4 cm³/mol. The van der Waals surface area contributed by atoms with Gasteiger partial charge >= 0.3 is 0 Å². The molecule has 0 aliphatic rings. The van der Waals surface area contributed by atoms with E-state index in [0.29, 0.717) is 0 Å². The highest BCUT2D eigenvalue weighted by atomic mass is 15.4. The summed E-state index contributed by atoms with van der Waals surface area (Å²) in [6, 6.07) is 0. The summed E-state index contributed by atoms with van der Waals surface area (Å²) in [4.78, 5) is 0. The highest BCUT2D eigenvalue weighted by molar-refractivity contribution is 5.19. The number of aromatic nitrogens is 3. The van der Waals surface area contributed by atoms with Gasteiger partial charge in [0.1, 0.15) is 0 Å². The first-order valence-electron chi connectivity index (χ1n) is 5.43. The summed E-state index contributed by atoms with van der Waals surface area (Å²) in [5, 5.41) is 8.44. The Morgan fingerprint density at radius 1 is 1.21 bits per heavy atom. The third-order valence-electron chi connectivity index (χ3n) is 2.30. The Labute approximate surface area is 86.5 Å². The molecule has 0 saturated heterocycles. The molecule has 1 aromatic heterocycles. The minimum Gasteiger partial charge on any atom is -0.249 e. The van der Waals surface area contributed by atoms with Gasteiger partial charge in [0, 0.05) is 12.0 Å². The Balaban J connectivity index is 3.13. The largest absolute Gasteiger partial charge is 0.249 e. The lowest BCUT2D eigenvalue weighted by molar-refractivity contribution is 0.490.